The number of nitrogens with two attached hydrogens (primary N) is 1. The fourth-order valence-corrected chi connectivity index (χ4v) is 4.96. The first-order valence-corrected chi connectivity index (χ1v) is 10.5. The monoisotopic (exact) mass is 497 g/mol. The van der Waals surface area contributed by atoms with Crippen LogP contribution >= 0.6 is 11.6 Å². The van der Waals surface area contributed by atoms with Crippen molar-refractivity contribution in [2.45, 2.75) is 37.0 Å². The highest BCUT2D eigenvalue weighted by atomic mass is 35.5. The van der Waals surface area contributed by atoms with Crippen molar-refractivity contribution < 1.29 is 36.2 Å². The molecule has 0 saturated heterocycles. The van der Waals surface area contributed by atoms with Gasteiger partial charge >= 0.3 is 12.3 Å². The van der Waals surface area contributed by atoms with E-state index in [1.807, 2.05) is 0 Å². The third kappa shape index (κ3) is 3.73. The van der Waals surface area contributed by atoms with Crippen molar-refractivity contribution in [3.63, 3.8) is 0 Å². The molecule has 6 rings (SSSR count). The molecule has 178 valence electrons. The third-order valence-corrected chi connectivity index (χ3v) is 6.56. The lowest BCUT2D eigenvalue weighted by Gasteiger charge is -2.69. The van der Waals surface area contributed by atoms with E-state index in [9.17, 15) is 22.4 Å². The standard InChI is InChI=1S/C22H16ClF4N3O4/c23-14-5-4-13(7-15(14)24)32-16(17(28)31)20-8-21(9-20,10-20)18-29-30-19(34-18)33-12-3-1-2-11(6-12)22(25,26)27/h1-7,16H,8-10H2,(H2,28,31). The van der Waals surface area contributed by atoms with Gasteiger partial charge < -0.3 is 19.6 Å². The van der Waals surface area contributed by atoms with E-state index in [2.05, 4.69) is 10.2 Å². The molecule has 3 aliphatic carbocycles. The maximum absolute atomic E-state index is 13.7. The van der Waals surface area contributed by atoms with Gasteiger partial charge in [0.25, 0.3) is 5.91 Å². The Hall–Kier alpha value is -3.34. The summed E-state index contributed by atoms with van der Waals surface area (Å²) in [5, 5.41) is 7.66. The van der Waals surface area contributed by atoms with Crippen molar-refractivity contribution in [1.82, 2.24) is 10.2 Å². The lowest BCUT2D eigenvalue weighted by molar-refractivity contribution is -0.208. The van der Waals surface area contributed by atoms with Crippen molar-refractivity contribution in [3.8, 4) is 17.6 Å². The summed E-state index contributed by atoms with van der Waals surface area (Å²) in [7, 11) is 0. The molecular weight excluding hydrogens is 482 g/mol. The van der Waals surface area contributed by atoms with Crippen LogP contribution in [0.2, 0.25) is 5.02 Å². The minimum Gasteiger partial charge on any atom is -0.480 e. The van der Waals surface area contributed by atoms with E-state index in [0.717, 1.165) is 18.2 Å². The maximum Gasteiger partial charge on any atom is 0.420 e. The number of benzene rings is 2. The van der Waals surface area contributed by atoms with Gasteiger partial charge in [0.2, 0.25) is 5.89 Å². The van der Waals surface area contributed by atoms with E-state index in [4.69, 9.17) is 31.2 Å². The minimum absolute atomic E-state index is 0.0769. The fraction of sp³-hybridized carbons (Fsp3) is 0.318. The second kappa shape index (κ2) is 7.59. The molecule has 1 unspecified atom stereocenters. The number of alkyl halides is 3. The first-order chi connectivity index (χ1) is 16.0. The van der Waals surface area contributed by atoms with Gasteiger partial charge in [0.1, 0.15) is 17.3 Å². The molecule has 1 heterocycles. The van der Waals surface area contributed by atoms with Crippen LogP contribution in [-0.2, 0) is 16.4 Å². The van der Waals surface area contributed by atoms with E-state index in [-0.39, 0.29) is 28.5 Å². The van der Waals surface area contributed by atoms with Crippen LogP contribution in [-0.4, -0.2) is 22.2 Å². The number of aromatic nitrogens is 2. The molecule has 7 nitrogen and oxygen atoms in total. The second-order valence-corrected chi connectivity index (χ2v) is 9.06. The number of primary amides is 1. The predicted molar refractivity (Wildman–Crippen MR) is 109 cm³/mol. The van der Waals surface area contributed by atoms with E-state index in [1.165, 1.54) is 24.3 Å². The number of hydrogen-bond donors (Lipinski definition) is 1. The maximum atomic E-state index is 13.7. The Morgan fingerprint density at radius 2 is 1.85 bits per heavy atom. The zero-order chi connectivity index (χ0) is 24.3. The molecule has 12 heteroatoms. The smallest absolute Gasteiger partial charge is 0.420 e. The Kier molecular flexibility index (Phi) is 5.01. The summed E-state index contributed by atoms with van der Waals surface area (Å²) < 4.78 is 68.9. The highest BCUT2D eigenvalue weighted by Crippen LogP contribution is 2.75. The van der Waals surface area contributed by atoms with Crippen LogP contribution in [0.1, 0.15) is 30.7 Å². The molecule has 3 fully saturated rings. The molecule has 0 radical (unpaired) electrons. The summed E-state index contributed by atoms with van der Waals surface area (Å²) in [6.45, 7) is 0. The van der Waals surface area contributed by atoms with E-state index < -0.39 is 40.4 Å². The van der Waals surface area contributed by atoms with Gasteiger partial charge in [0, 0.05) is 11.5 Å². The Balaban J connectivity index is 1.27. The molecule has 0 aliphatic heterocycles. The van der Waals surface area contributed by atoms with Crippen LogP contribution < -0.4 is 15.2 Å². The number of rotatable bonds is 7. The first-order valence-electron chi connectivity index (χ1n) is 10.1. The Morgan fingerprint density at radius 1 is 1.12 bits per heavy atom. The van der Waals surface area contributed by atoms with Crippen LogP contribution in [0.5, 0.6) is 17.6 Å². The van der Waals surface area contributed by atoms with Crippen molar-refractivity contribution in [3.05, 3.63) is 64.8 Å². The molecule has 1 amide bonds. The molecule has 2 bridgehead atoms. The number of ether oxygens (including phenoxy) is 2. The number of halogens is 5. The summed E-state index contributed by atoms with van der Waals surface area (Å²) in [4.78, 5) is 12.1. The fourth-order valence-electron chi connectivity index (χ4n) is 4.84. The number of amides is 1. The number of nitrogens with zero attached hydrogens (tertiary/aromatic N) is 2. The molecule has 0 spiro atoms. The highest BCUT2D eigenvalue weighted by Gasteiger charge is 2.75. The van der Waals surface area contributed by atoms with Crippen LogP contribution in [0, 0.1) is 11.2 Å². The van der Waals surface area contributed by atoms with Gasteiger partial charge in [-0.15, -0.1) is 5.10 Å². The largest absolute Gasteiger partial charge is 0.480 e. The average Bonchev–Trinajstić information content (AvgIpc) is 3.15. The topological polar surface area (TPSA) is 100 Å². The van der Waals surface area contributed by atoms with E-state index in [1.54, 1.807) is 0 Å². The Labute approximate surface area is 194 Å². The average molecular weight is 498 g/mol. The molecule has 3 aromatic rings. The van der Waals surface area contributed by atoms with Crippen LogP contribution in [0.15, 0.2) is 46.9 Å². The summed E-state index contributed by atoms with van der Waals surface area (Å²) in [5.74, 6) is -1.11. The van der Waals surface area contributed by atoms with E-state index >= 15 is 0 Å². The Bertz CT molecular complexity index is 1260. The van der Waals surface area contributed by atoms with Crippen molar-refractivity contribution in [2.24, 2.45) is 11.1 Å². The number of hydrogen-bond acceptors (Lipinski definition) is 6. The van der Waals surface area contributed by atoms with Crippen LogP contribution in [0.4, 0.5) is 17.6 Å². The minimum atomic E-state index is -4.52. The van der Waals surface area contributed by atoms with E-state index in [0.29, 0.717) is 19.3 Å². The van der Waals surface area contributed by atoms with Crippen LogP contribution in [0.25, 0.3) is 0 Å². The summed E-state index contributed by atoms with van der Waals surface area (Å²) >= 11 is 5.68. The van der Waals surface area contributed by atoms with Gasteiger partial charge in [-0.05, 0) is 49.6 Å². The molecule has 34 heavy (non-hydrogen) atoms. The summed E-state index contributed by atoms with van der Waals surface area (Å²) in [6.07, 6.45) is -4.46. The van der Waals surface area contributed by atoms with Gasteiger partial charge in [-0.2, -0.15) is 13.2 Å². The molecule has 2 N–H and O–H groups in total. The zero-order valence-electron chi connectivity index (χ0n) is 17.2. The van der Waals surface area contributed by atoms with Gasteiger partial charge in [0.05, 0.1) is 16.0 Å². The SMILES string of the molecule is NC(=O)C(Oc1ccc(Cl)c(F)c1)C12CC(c3nnc(Oc4cccc(C(F)(F)F)c4)o3)(C1)C2. The number of carbonyl (C=O) groups excluding carboxylic acids is 1. The number of carbonyl (C=O) groups is 1. The zero-order valence-corrected chi connectivity index (χ0v) is 18.0. The van der Waals surface area contributed by atoms with Gasteiger partial charge in [-0.1, -0.05) is 22.8 Å². The van der Waals surface area contributed by atoms with Crippen LogP contribution in [0.3, 0.4) is 0 Å². The third-order valence-electron chi connectivity index (χ3n) is 6.26. The van der Waals surface area contributed by atoms with Gasteiger partial charge in [-0.3, -0.25) is 4.79 Å². The lowest BCUT2D eigenvalue weighted by Crippen LogP contribution is -2.72. The molecule has 2 aromatic carbocycles. The molecule has 1 atom stereocenters. The second-order valence-electron chi connectivity index (χ2n) is 8.65. The normalized spacial score (nSPS) is 24.0. The quantitative estimate of drug-likeness (QED) is 0.460. The first kappa shape index (κ1) is 22.5. The summed E-state index contributed by atoms with van der Waals surface area (Å²) in [5.41, 5.74) is 3.60. The van der Waals surface area contributed by atoms with Gasteiger partial charge in [0.15, 0.2) is 6.10 Å². The highest BCUT2D eigenvalue weighted by molar-refractivity contribution is 6.30. The summed E-state index contributed by atoms with van der Waals surface area (Å²) in [6, 6.07) is 8.13. The Morgan fingerprint density at radius 3 is 2.50 bits per heavy atom. The molecule has 1 aromatic heterocycles. The van der Waals surface area contributed by atoms with Crippen molar-refractivity contribution in [1.29, 1.82) is 0 Å². The van der Waals surface area contributed by atoms with Crippen molar-refractivity contribution >= 4 is 17.5 Å². The molecule has 3 aliphatic rings. The van der Waals surface area contributed by atoms with Crippen molar-refractivity contribution in [2.75, 3.05) is 0 Å². The van der Waals surface area contributed by atoms with Gasteiger partial charge in [-0.25, -0.2) is 4.39 Å². The molecule has 3 saturated carbocycles. The lowest BCUT2D eigenvalue weighted by atomic mass is 9.33. The molecular formula is C22H16ClF4N3O4. The predicted octanol–water partition coefficient (Wildman–Crippen LogP) is 5.03.